The number of carbonyl (C=O) groups excluding carboxylic acids is 2. The third-order valence-corrected chi connectivity index (χ3v) is 4.69. The number of hydrogen-bond acceptors (Lipinski definition) is 6. The van der Waals surface area contributed by atoms with Crippen molar-refractivity contribution >= 4 is 23.7 Å². The van der Waals surface area contributed by atoms with Crippen molar-refractivity contribution in [2.24, 2.45) is 7.05 Å². The molecule has 2 aromatic rings. The molecule has 0 fully saturated rings. The maximum atomic E-state index is 12.2. The second-order valence-electron chi connectivity index (χ2n) is 7.05. The molecule has 2 N–H and O–H groups in total. The number of urea groups is 1. The molecular formula is C18H25N5O3S. The van der Waals surface area contributed by atoms with E-state index in [0.717, 1.165) is 11.3 Å². The van der Waals surface area contributed by atoms with Gasteiger partial charge in [-0.15, -0.1) is 10.2 Å². The number of imide groups is 1. The van der Waals surface area contributed by atoms with Crippen molar-refractivity contribution in [1.82, 2.24) is 25.4 Å². The van der Waals surface area contributed by atoms with Crippen LogP contribution in [0.2, 0.25) is 0 Å². The molecule has 0 aliphatic heterocycles. The molecule has 0 aliphatic carbocycles. The molecule has 0 saturated carbocycles. The molecule has 1 atom stereocenters. The first-order chi connectivity index (χ1) is 12.6. The van der Waals surface area contributed by atoms with E-state index in [1.165, 1.54) is 11.8 Å². The summed E-state index contributed by atoms with van der Waals surface area (Å²) in [6, 6.07) is 6.97. The minimum absolute atomic E-state index is 0.393. The molecule has 9 heteroatoms. The van der Waals surface area contributed by atoms with Gasteiger partial charge in [0.05, 0.1) is 12.4 Å². The summed E-state index contributed by atoms with van der Waals surface area (Å²) >= 11 is 1.23. The molecule has 1 aromatic heterocycles. The first-order valence-electron chi connectivity index (χ1n) is 8.44. The highest BCUT2D eigenvalue weighted by atomic mass is 32.2. The maximum Gasteiger partial charge on any atom is 0.321 e. The molecule has 1 heterocycles. The van der Waals surface area contributed by atoms with Gasteiger partial charge in [-0.25, -0.2) is 4.79 Å². The van der Waals surface area contributed by atoms with Crippen LogP contribution in [0.3, 0.4) is 0 Å². The number of hydrogen-bond donors (Lipinski definition) is 2. The van der Waals surface area contributed by atoms with Crippen LogP contribution in [0.4, 0.5) is 4.79 Å². The van der Waals surface area contributed by atoms with Gasteiger partial charge in [0, 0.05) is 18.2 Å². The Morgan fingerprint density at radius 1 is 1.19 bits per heavy atom. The summed E-state index contributed by atoms with van der Waals surface area (Å²) in [4.78, 5) is 24.1. The van der Waals surface area contributed by atoms with Crippen molar-refractivity contribution in [2.45, 2.75) is 43.6 Å². The van der Waals surface area contributed by atoms with Crippen molar-refractivity contribution in [1.29, 1.82) is 0 Å². The van der Waals surface area contributed by atoms with Gasteiger partial charge in [-0.05, 0) is 52.0 Å². The molecule has 0 saturated heterocycles. The zero-order chi connectivity index (χ0) is 20.2. The number of carbonyl (C=O) groups is 2. The second-order valence-corrected chi connectivity index (χ2v) is 8.36. The number of benzene rings is 1. The average molecular weight is 391 g/mol. The standard InChI is InChI=1S/C18H25N5O3S/c1-11(15(24)19-16(25)20-18(2,3)4)27-17-22-21-14(23(17)5)12-7-9-13(26-6)10-8-12/h7-11H,1-6H3,(H2,19,20,24,25)/t11-/m1/s1. The molecule has 3 amide bonds. The predicted octanol–water partition coefficient (Wildman–Crippen LogP) is 2.60. The summed E-state index contributed by atoms with van der Waals surface area (Å²) in [5.41, 5.74) is 0.469. The van der Waals surface area contributed by atoms with E-state index in [2.05, 4.69) is 20.8 Å². The van der Waals surface area contributed by atoms with E-state index < -0.39 is 22.7 Å². The molecule has 146 valence electrons. The number of amides is 3. The lowest BCUT2D eigenvalue weighted by Gasteiger charge is -2.21. The zero-order valence-electron chi connectivity index (χ0n) is 16.4. The SMILES string of the molecule is COc1ccc(-c2nnc(S[C@H](C)C(=O)NC(=O)NC(C)(C)C)n2C)cc1. The van der Waals surface area contributed by atoms with Gasteiger partial charge in [0.2, 0.25) is 5.91 Å². The number of ether oxygens (including phenoxy) is 1. The number of aromatic nitrogens is 3. The minimum atomic E-state index is -0.517. The lowest BCUT2D eigenvalue weighted by molar-refractivity contribution is -0.119. The van der Waals surface area contributed by atoms with E-state index in [4.69, 9.17) is 4.74 Å². The highest BCUT2D eigenvalue weighted by Crippen LogP contribution is 2.26. The summed E-state index contributed by atoms with van der Waals surface area (Å²) < 4.78 is 6.97. The van der Waals surface area contributed by atoms with Gasteiger partial charge in [-0.2, -0.15) is 0 Å². The summed E-state index contributed by atoms with van der Waals surface area (Å²) in [5, 5.41) is 13.5. The Kier molecular flexibility index (Phi) is 6.48. The van der Waals surface area contributed by atoms with E-state index in [1.807, 2.05) is 56.7 Å². The van der Waals surface area contributed by atoms with Crippen LogP contribution in [-0.4, -0.2) is 44.6 Å². The van der Waals surface area contributed by atoms with Gasteiger partial charge in [0.15, 0.2) is 11.0 Å². The van der Waals surface area contributed by atoms with Crippen LogP contribution >= 0.6 is 11.8 Å². The third kappa shape index (κ3) is 5.72. The Bertz CT molecular complexity index is 811. The van der Waals surface area contributed by atoms with Gasteiger partial charge in [-0.1, -0.05) is 11.8 Å². The van der Waals surface area contributed by atoms with Crippen LogP contribution in [0, 0.1) is 0 Å². The van der Waals surface area contributed by atoms with Crippen LogP contribution in [0.1, 0.15) is 27.7 Å². The van der Waals surface area contributed by atoms with Crippen LogP contribution in [0.25, 0.3) is 11.4 Å². The predicted molar refractivity (Wildman–Crippen MR) is 105 cm³/mol. The molecule has 2 rings (SSSR count). The van der Waals surface area contributed by atoms with Gasteiger partial charge in [-0.3, -0.25) is 10.1 Å². The van der Waals surface area contributed by atoms with Gasteiger partial charge in [0.25, 0.3) is 0 Å². The van der Waals surface area contributed by atoms with Crippen molar-refractivity contribution in [3.63, 3.8) is 0 Å². The summed E-state index contributed by atoms with van der Waals surface area (Å²) in [7, 11) is 3.44. The third-order valence-electron chi connectivity index (χ3n) is 3.56. The van der Waals surface area contributed by atoms with Gasteiger partial charge >= 0.3 is 6.03 Å². The fourth-order valence-corrected chi connectivity index (χ4v) is 3.02. The van der Waals surface area contributed by atoms with Crippen molar-refractivity contribution in [3.8, 4) is 17.1 Å². The number of rotatable bonds is 5. The summed E-state index contributed by atoms with van der Waals surface area (Å²) in [5.74, 6) is 1.04. The number of nitrogens with one attached hydrogen (secondary N) is 2. The van der Waals surface area contributed by atoms with Crippen molar-refractivity contribution < 1.29 is 14.3 Å². The monoisotopic (exact) mass is 391 g/mol. The molecule has 8 nitrogen and oxygen atoms in total. The van der Waals surface area contributed by atoms with Crippen LogP contribution < -0.4 is 15.4 Å². The second kappa shape index (κ2) is 8.43. The lowest BCUT2D eigenvalue weighted by Crippen LogP contribution is -2.49. The van der Waals surface area contributed by atoms with Crippen molar-refractivity contribution in [2.75, 3.05) is 7.11 Å². The highest BCUT2D eigenvalue weighted by molar-refractivity contribution is 8.00. The number of nitrogens with zero attached hydrogens (tertiary/aromatic N) is 3. The van der Waals surface area contributed by atoms with E-state index in [0.29, 0.717) is 11.0 Å². The molecule has 0 bridgehead atoms. The molecular weight excluding hydrogens is 366 g/mol. The Morgan fingerprint density at radius 3 is 2.37 bits per heavy atom. The van der Waals surface area contributed by atoms with E-state index in [-0.39, 0.29) is 0 Å². The van der Waals surface area contributed by atoms with E-state index in [1.54, 1.807) is 14.0 Å². The molecule has 1 aromatic carbocycles. The fourth-order valence-electron chi connectivity index (χ4n) is 2.21. The quantitative estimate of drug-likeness (QED) is 0.760. The zero-order valence-corrected chi connectivity index (χ0v) is 17.2. The largest absolute Gasteiger partial charge is 0.497 e. The molecule has 0 aliphatic rings. The molecule has 0 spiro atoms. The fraction of sp³-hybridized carbons (Fsp3) is 0.444. The average Bonchev–Trinajstić information content (AvgIpc) is 2.93. The van der Waals surface area contributed by atoms with E-state index in [9.17, 15) is 9.59 Å². The summed E-state index contributed by atoms with van der Waals surface area (Å²) in [6.45, 7) is 7.24. The van der Waals surface area contributed by atoms with Crippen LogP contribution in [0.15, 0.2) is 29.4 Å². The first kappa shape index (κ1) is 20.8. The van der Waals surface area contributed by atoms with Crippen LogP contribution in [0.5, 0.6) is 5.75 Å². The van der Waals surface area contributed by atoms with Crippen LogP contribution in [-0.2, 0) is 11.8 Å². The normalized spacial score (nSPS) is 12.4. The number of methoxy groups -OCH3 is 1. The first-order valence-corrected chi connectivity index (χ1v) is 9.32. The number of thioether (sulfide) groups is 1. The molecule has 0 unspecified atom stereocenters. The van der Waals surface area contributed by atoms with E-state index >= 15 is 0 Å². The highest BCUT2D eigenvalue weighted by Gasteiger charge is 2.22. The Morgan fingerprint density at radius 2 is 1.81 bits per heavy atom. The Labute approximate surface area is 163 Å². The minimum Gasteiger partial charge on any atom is -0.497 e. The maximum absolute atomic E-state index is 12.2. The smallest absolute Gasteiger partial charge is 0.321 e. The van der Waals surface area contributed by atoms with Crippen molar-refractivity contribution in [3.05, 3.63) is 24.3 Å². The molecule has 27 heavy (non-hydrogen) atoms. The molecule has 0 radical (unpaired) electrons. The lowest BCUT2D eigenvalue weighted by atomic mass is 10.1. The van der Waals surface area contributed by atoms with Gasteiger partial charge < -0.3 is 14.6 Å². The Hall–Kier alpha value is -2.55. The topological polar surface area (TPSA) is 98.1 Å². The summed E-state index contributed by atoms with van der Waals surface area (Å²) in [6.07, 6.45) is 0. The van der Waals surface area contributed by atoms with Gasteiger partial charge in [0.1, 0.15) is 5.75 Å². The Balaban J connectivity index is 2.03.